The molecule has 0 unspecified atom stereocenters. The summed E-state index contributed by atoms with van der Waals surface area (Å²) in [5.74, 6) is 0.476. The molecule has 168 valence electrons. The van der Waals surface area contributed by atoms with Crippen LogP contribution >= 0.6 is 11.3 Å². The minimum Gasteiger partial charge on any atom is -0.493 e. The van der Waals surface area contributed by atoms with Crippen LogP contribution in [0, 0.1) is 6.92 Å². The second-order valence-corrected chi connectivity index (χ2v) is 8.54. The molecule has 33 heavy (non-hydrogen) atoms. The summed E-state index contributed by atoms with van der Waals surface area (Å²) in [7, 11) is 4.64. The van der Waals surface area contributed by atoms with E-state index in [1.165, 1.54) is 29.4 Å². The van der Waals surface area contributed by atoms with Gasteiger partial charge in [-0.15, -0.1) is 11.3 Å². The van der Waals surface area contributed by atoms with Crippen molar-refractivity contribution in [2.45, 2.75) is 6.92 Å². The summed E-state index contributed by atoms with van der Waals surface area (Å²) in [6, 6.07) is 16.5. The van der Waals surface area contributed by atoms with E-state index in [1.54, 1.807) is 42.6 Å². The number of benzene rings is 2. The topological polar surface area (TPSA) is 68.7 Å². The number of hydrogen-bond acceptors (Lipinski definition) is 6. The molecule has 0 radical (unpaired) electrons. The molecular weight excluding hydrogens is 436 g/mol. The van der Waals surface area contributed by atoms with E-state index in [9.17, 15) is 9.59 Å². The van der Waals surface area contributed by atoms with Crippen molar-refractivity contribution in [1.82, 2.24) is 9.88 Å². The van der Waals surface area contributed by atoms with Crippen LogP contribution in [0.2, 0.25) is 0 Å². The van der Waals surface area contributed by atoms with Gasteiger partial charge in [0.15, 0.2) is 17.3 Å². The van der Waals surface area contributed by atoms with E-state index in [-0.39, 0.29) is 18.2 Å². The van der Waals surface area contributed by atoms with E-state index >= 15 is 0 Å². The monoisotopic (exact) mass is 460 g/mol. The normalized spacial score (nSPS) is 10.8. The molecule has 0 fully saturated rings. The van der Waals surface area contributed by atoms with Crippen LogP contribution in [-0.4, -0.2) is 49.4 Å². The fourth-order valence-electron chi connectivity index (χ4n) is 3.69. The molecule has 0 spiro atoms. The number of thiophene rings is 1. The first-order valence-electron chi connectivity index (χ1n) is 10.4. The van der Waals surface area contributed by atoms with E-state index in [1.807, 2.05) is 18.2 Å². The van der Waals surface area contributed by atoms with Crippen molar-refractivity contribution in [1.29, 1.82) is 0 Å². The second-order valence-electron chi connectivity index (χ2n) is 7.66. The summed E-state index contributed by atoms with van der Waals surface area (Å²) in [5, 5.41) is 3.19. The third kappa shape index (κ3) is 4.45. The summed E-state index contributed by atoms with van der Waals surface area (Å²) < 4.78 is 11.7. The third-order valence-electron chi connectivity index (χ3n) is 5.47. The van der Waals surface area contributed by atoms with E-state index in [4.69, 9.17) is 9.47 Å². The van der Waals surface area contributed by atoms with Gasteiger partial charge < -0.3 is 14.4 Å². The minimum absolute atomic E-state index is 0.0825. The zero-order valence-corrected chi connectivity index (χ0v) is 19.7. The molecule has 0 aliphatic rings. The van der Waals surface area contributed by atoms with Crippen molar-refractivity contribution in [3.63, 3.8) is 0 Å². The van der Waals surface area contributed by atoms with Crippen molar-refractivity contribution in [3.8, 4) is 22.8 Å². The lowest BCUT2D eigenvalue weighted by molar-refractivity contribution is 0.0743. The zero-order chi connectivity index (χ0) is 23.5. The largest absolute Gasteiger partial charge is 0.493 e. The summed E-state index contributed by atoms with van der Waals surface area (Å²) in [6.45, 7) is 2.00. The number of nitrogens with zero attached hydrogens (tertiary/aromatic N) is 2. The van der Waals surface area contributed by atoms with Gasteiger partial charge in [0.05, 0.1) is 26.5 Å². The van der Waals surface area contributed by atoms with E-state index < -0.39 is 0 Å². The van der Waals surface area contributed by atoms with Crippen LogP contribution in [0.1, 0.15) is 26.4 Å². The number of hydrogen-bond donors (Lipinski definition) is 0. The van der Waals surface area contributed by atoms with Gasteiger partial charge in [0.1, 0.15) is 5.69 Å². The number of carbonyl (C=O) groups is 2. The molecule has 0 saturated carbocycles. The Morgan fingerprint density at radius 3 is 2.52 bits per heavy atom. The van der Waals surface area contributed by atoms with Gasteiger partial charge in [-0.1, -0.05) is 24.3 Å². The molecule has 0 saturated heterocycles. The first-order valence-corrected chi connectivity index (χ1v) is 11.3. The Bertz CT molecular complexity index is 1350. The van der Waals surface area contributed by atoms with Crippen LogP contribution in [0.25, 0.3) is 21.3 Å². The number of aromatic nitrogens is 1. The average molecular weight is 461 g/mol. The molecule has 0 aliphatic heterocycles. The highest BCUT2D eigenvalue weighted by molar-refractivity contribution is 7.18. The minimum atomic E-state index is -0.318. The van der Waals surface area contributed by atoms with Gasteiger partial charge in [-0.3, -0.25) is 9.59 Å². The predicted octanol–water partition coefficient (Wildman–Crippen LogP) is 5.24. The Labute approximate surface area is 196 Å². The number of ketones is 1. The Morgan fingerprint density at radius 1 is 1.00 bits per heavy atom. The fourth-order valence-corrected chi connectivity index (χ4v) is 4.73. The number of aryl methyl sites for hydroxylation is 1. The molecule has 2 heterocycles. The van der Waals surface area contributed by atoms with Crippen LogP contribution in [0.3, 0.4) is 0 Å². The van der Waals surface area contributed by atoms with Gasteiger partial charge in [0.25, 0.3) is 5.91 Å². The lowest BCUT2D eigenvalue weighted by Gasteiger charge is -2.17. The van der Waals surface area contributed by atoms with Crippen LogP contribution in [-0.2, 0) is 0 Å². The quantitative estimate of drug-likeness (QED) is 0.353. The smallest absolute Gasteiger partial charge is 0.272 e. The molecular formula is C26H24N2O4S. The maximum absolute atomic E-state index is 13.0. The van der Waals surface area contributed by atoms with Crippen LogP contribution in [0.4, 0.5) is 0 Å². The fraction of sp³-hybridized carbons (Fsp3) is 0.192. The highest BCUT2D eigenvalue weighted by Crippen LogP contribution is 2.35. The van der Waals surface area contributed by atoms with Crippen molar-refractivity contribution < 1.29 is 19.1 Å². The first-order chi connectivity index (χ1) is 15.9. The Morgan fingerprint density at radius 2 is 1.76 bits per heavy atom. The number of ether oxygens (including phenoxy) is 2. The molecule has 0 aliphatic carbocycles. The molecule has 0 N–H and O–H groups in total. The number of pyridine rings is 1. The molecule has 0 bridgehead atoms. The van der Waals surface area contributed by atoms with E-state index in [0.717, 1.165) is 16.6 Å². The highest BCUT2D eigenvalue weighted by atomic mass is 32.1. The number of fused-ring (bicyclic) bond motifs is 1. The van der Waals surface area contributed by atoms with Crippen molar-refractivity contribution in [2.75, 3.05) is 27.8 Å². The molecule has 4 aromatic rings. The maximum atomic E-state index is 13.0. The van der Waals surface area contributed by atoms with Crippen LogP contribution < -0.4 is 9.47 Å². The molecule has 1 amide bonds. The third-order valence-corrected chi connectivity index (χ3v) is 6.60. The molecule has 2 aromatic carbocycles. The highest BCUT2D eigenvalue weighted by Gasteiger charge is 2.19. The lowest BCUT2D eigenvalue weighted by Crippen LogP contribution is -2.32. The molecule has 7 heteroatoms. The standard InChI is InChI=1S/C26H24N2O4S/c1-16-7-5-8-18-19(15-33-25(16)18)20-9-6-10-21(27-20)26(30)28(2)14-22(29)17-11-12-23(31-3)24(13-17)32-4/h5-13,15H,14H2,1-4H3. The van der Waals surface area contributed by atoms with Gasteiger partial charge in [-0.05, 0) is 42.8 Å². The van der Waals surface area contributed by atoms with Gasteiger partial charge in [0, 0.05) is 33.6 Å². The number of likely N-dealkylation sites (N-methyl/N-ethyl adjacent to an activating group) is 1. The zero-order valence-electron chi connectivity index (χ0n) is 18.9. The molecule has 0 atom stereocenters. The molecule has 4 rings (SSSR count). The van der Waals surface area contributed by atoms with Gasteiger partial charge in [-0.25, -0.2) is 4.98 Å². The number of carbonyl (C=O) groups excluding carboxylic acids is 2. The molecule has 2 aromatic heterocycles. The van der Waals surface area contributed by atoms with Crippen LogP contribution in [0.5, 0.6) is 11.5 Å². The average Bonchev–Trinajstić information content (AvgIpc) is 3.28. The van der Waals surface area contributed by atoms with Gasteiger partial charge >= 0.3 is 0 Å². The number of rotatable bonds is 7. The van der Waals surface area contributed by atoms with E-state index in [0.29, 0.717) is 22.8 Å². The Balaban J connectivity index is 1.55. The Kier molecular flexibility index (Phi) is 6.42. The second kappa shape index (κ2) is 9.42. The van der Waals surface area contributed by atoms with Gasteiger partial charge in [0.2, 0.25) is 0 Å². The number of Topliss-reactive ketones (excluding diaryl/α,β-unsaturated/α-hetero) is 1. The van der Waals surface area contributed by atoms with Gasteiger partial charge in [-0.2, -0.15) is 0 Å². The Hall–Kier alpha value is -3.71. The summed E-state index contributed by atoms with van der Waals surface area (Å²) in [4.78, 5) is 31.8. The summed E-state index contributed by atoms with van der Waals surface area (Å²) in [5.41, 5.74) is 3.68. The van der Waals surface area contributed by atoms with Crippen molar-refractivity contribution in [2.24, 2.45) is 0 Å². The SMILES string of the molecule is COc1ccc(C(=O)CN(C)C(=O)c2cccc(-c3csc4c(C)cccc34)n2)cc1OC. The van der Waals surface area contributed by atoms with Crippen molar-refractivity contribution in [3.05, 3.63) is 76.8 Å². The molecule has 6 nitrogen and oxygen atoms in total. The predicted molar refractivity (Wildman–Crippen MR) is 131 cm³/mol. The van der Waals surface area contributed by atoms with Crippen LogP contribution in [0.15, 0.2) is 60.0 Å². The maximum Gasteiger partial charge on any atom is 0.272 e. The first kappa shape index (κ1) is 22.5. The summed E-state index contributed by atoms with van der Waals surface area (Å²) in [6.07, 6.45) is 0. The number of methoxy groups -OCH3 is 2. The van der Waals surface area contributed by atoms with Crippen molar-refractivity contribution >= 4 is 33.1 Å². The number of amides is 1. The summed E-state index contributed by atoms with van der Waals surface area (Å²) >= 11 is 1.67. The van der Waals surface area contributed by atoms with E-state index in [2.05, 4.69) is 29.4 Å². The lowest BCUT2D eigenvalue weighted by atomic mass is 10.1.